The number of rotatable bonds is 2. The first kappa shape index (κ1) is 11.5. The Morgan fingerprint density at radius 1 is 1.00 bits per heavy atom. The van der Waals surface area contributed by atoms with Gasteiger partial charge in [0.15, 0.2) is 5.12 Å². The lowest BCUT2D eigenvalue weighted by molar-refractivity contribution is -0.109. The maximum atomic E-state index is 11.2. The molecule has 1 nitrogen and oxygen atoms in total. The number of carbonyl (C=O) groups is 1. The summed E-state index contributed by atoms with van der Waals surface area (Å²) in [5.74, 6) is 1.19. The number of benzene rings is 2. The molecule has 3 rings (SSSR count). The third-order valence-electron chi connectivity index (χ3n) is 3.42. The summed E-state index contributed by atoms with van der Waals surface area (Å²) in [6, 6.07) is 17.0. The van der Waals surface area contributed by atoms with Crippen molar-refractivity contribution in [2.75, 3.05) is 5.75 Å². The molecule has 0 aliphatic heterocycles. The van der Waals surface area contributed by atoms with Gasteiger partial charge in [-0.2, -0.15) is 0 Å². The summed E-state index contributed by atoms with van der Waals surface area (Å²) in [7, 11) is 0. The van der Waals surface area contributed by atoms with Crippen LogP contribution in [0, 0.1) is 0 Å². The topological polar surface area (TPSA) is 17.1 Å². The van der Waals surface area contributed by atoms with Crippen LogP contribution in [-0.4, -0.2) is 10.9 Å². The third kappa shape index (κ3) is 1.87. The summed E-state index contributed by atoms with van der Waals surface area (Å²) in [6.45, 7) is 1.64. The smallest absolute Gasteiger partial charge is 0.185 e. The highest BCUT2D eigenvalue weighted by molar-refractivity contribution is 8.13. The van der Waals surface area contributed by atoms with Gasteiger partial charge in [0.2, 0.25) is 0 Å². The highest BCUT2D eigenvalue weighted by atomic mass is 32.2. The molecule has 2 heteroatoms. The minimum absolute atomic E-state index is 0.192. The van der Waals surface area contributed by atoms with Crippen LogP contribution in [0.3, 0.4) is 0 Å². The fourth-order valence-electron chi connectivity index (χ4n) is 2.64. The number of hydrogen-bond acceptors (Lipinski definition) is 2. The highest BCUT2D eigenvalue weighted by Crippen LogP contribution is 2.45. The minimum atomic E-state index is 0.192. The van der Waals surface area contributed by atoms with E-state index in [0.29, 0.717) is 5.92 Å². The number of hydrogen-bond donors (Lipinski definition) is 0. The number of thioether (sulfide) groups is 1. The normalized spacial score (nSPS) is 13.2. The van der Waals surface area contributed by atoms with Crippen molar-refractivity contribution in [2.45, 2.75) is 12.8 Å². The van der Waals surface area contributed by atoms with Gasteiger partial charge in [-0.3, -0.25) is 4.79 Å². The number of carbonyl (C=O) groups excluding carboxylic acids is 1. The lowest BCUT2D eigenvalue weighted by atomic mass is 9.99. The summed E-state index contributed by atoms with van der Waals surface area (Å²) in [6.07, 6.45) is 0. The van der Waals surface area contributed by atoms with Crippen molar-refractivity contribution in [2.24, 2.45) is 0 Å². The zero-order valence-corrected chi connectivity index (χ0v) is 11.0. The molecule has 0 N–H and O–H groups in total. The SMILES string of the molecule is CC(=O)SCC1c2ccccc2-c2ccccc21. The van der Waals surface area contributed by atoms with Crippen LogP contribution < -0.4 is 0 Å². The van der Waals surface area contributed by atoms with E-state index in [9.17, 15) is 4.79 Å². The van der Waals surface area contributed by atoms with E-state index in [4.69, 9.17) is 0 Å². The predicted octanol–water partition coefficient (Wildman–Crippen LogP) is 4.08. The van der Waals surface area contributed by atoms with Crippen molar-refractivity contribution in [1.82, 2.24) is 0 Å². The van der Waals surface area contributed by atoms with Crippen LogP contribution >= 0.6 is 11.8 Å². The molecule has 0 bridgehead atoms. The van der Waals surface area contributed by atoms with E-state index < -0.39 is 0 Å². The maximum absolute atomic E-state index is 11.2. The van der Waals surface area contributed by atoms with Gasteiger partial charge < -0.3 is 0 Å². The molecule has 0 radical (unpaired) electrons. The molecular formula is C16H14OS. The first-order valence-electron chi connectivity index (χ1n) is 6.09. The molecule has 0 atom stereocenters. The Morgan fingerprint density at radius 3 is 2.00 bits per heavy atom. The van der Waals surface area contributed by atoms with Crippen molar-refractivity contribution >= 4 is 16.9 Å². The zero-order chi connectivity index (χ0) is 12.5. The molecule has 0 amide bonds. The van der Waals surface area contributed by atoms with E-state index in [-0.39, 0.29) is 5.12 Å². The van der Waals surface area contributed by atoms with Gasteiger partial charge in [0, 0.05) is 18.6 Å². The minimum Gasteiger partial charge on any atom is -0.288 e. The van der Waals surface area contributed by atoms with Crippen molar-refractivity contribution in [3.8, 4) is 11.1 Å². The van der Waals surface area contributed by atoms with Gasteiger partial charge in [0.25, 0.3) is 0 Å². The van der Waals surface area contributed by atoms with Crippen LogP contribution in [-0.2, 0) is 4.79 Å². The summed E-state index contributed by atoms with van der Waals surface area (Å²) in [4.78, 5) is 11.2. The second-order valence-electron chi connectivity index (χ2n) is 4.53. The summed E-state index contributed by atoms with van der Waals surface area (Å²) >= 11 is 1.42. The summed E-state index contributed by atoms with van der Waals surface area (Å²) in [5.41, 5.74) is 5.35. The quantitative estimate of drug-likeness (QED) is 0.803. The van der Waals surface area contributed by atoms with Crippen LogP contribution in [0.25, 0.3) is 11.1 Å². The van der Waals surface area contributed by atoms with Gasteiger partial charge in [-0.05, 0) is 22.3 Å². The van der Waals surface area contributed by atoms with Crippen molar-refractivity contribution < 1.29 is 4.79 Å². The van der Waals surface area contributed by atoms with Gasteiger partial charge in [-0.15, -0.1) is 0 Å². The summed E-state index contributed by atoms with van der Waals surface area (Å²) in [5, 5.41) is 0.192. The monoisotopic (exact) mass is 254 g/mol. The molecule has 2 aromatic rings. The molecule has 2 aromatic carbocycles. The van der Waals surface area contributed by atoms with E-state index in [0.717, 1.165) is 5.75 Å². The average molecular weight is 254 g/mol. The largest absolute Gasteiger partial charge is 0.288 e. The molecule has 1 aliphatic carbocycles. The second-order valence-corrected chi connectivity index (χ2v) is 5.73. The van der Waals surface area contributed by atoms with Crippen molar-refractivity contribution in [3.63, 3.8) is 0 Å². The molecule has 1 aliphatic rings. The van der Waals surface area contributed by atoms with E-state index >= 15 is 0 Å². The third-order valence-corrected chi connectivity index (χ3v) is 4.32. The lowest BCUT2D eigenvalue weighted by Crippen LogP contribution is -2.01. The summed E-state index contributed by atoms with van der Waals surface area (Å²) < 4.78 is 0. The molecule has 0 spiro atoms. The molecule has 0 fully saturated rings. The Bertz CT molecular complexity index is 558. The fourth-order valence-corrected chi connectivity index (χ4v) is 3.40. The molecule has 18 heavy (non-hydrogen) atoms. The van der Waals surface area contributed by atoms with Crippen LogP contribution in [0.15, 0.2) is 48.5 Å². The van der Waals surface area contributed by atoms with E-state index in [2.05, 4.69) is 48.5 Å². The van der Waals surface area contributed by atoms with E-state index in [1.54, 1.807) is 6.92 Å². The van der Waals surface area contributed by atoms with Gasteiger partial charge in [0.05, 0.1) is 0 Å². The Labute approximate surface area is 111 Å². The van der Waals surface area contributed by atoms with Crippen LogP contribution in [0.4, 0.5) is 0 Å². The first-order chi connectivity index (χ1) is 8.77. The molecule has 0 saturated carbocycles. The standard InChI is InChI=1S/C16H14OS/c1-11(17)18-10-16-14-8-4-2-6-12(14)13-7-3-5-9-15(13)16/h2-9,16H,10H2,1H3. The fraction of sp³-hybridized carbons (Fsp3) is 0.188. The number of fused-ring (bicyclic) bond motifs is 3. The lowest BCUT2D eigenvalue weighted by Gasteiger charge is -2.11. The van der Waals surface area contributed by atoms with Crippen LogP contribution in [0.5, 0.6) is 0 Å². The van der Waals surface area contributed by atoms with E-state index in [1.165, 1.54) is 34.0 Å². The zero-order valence-electron chi connectivity index (χ0n) is 10.2. The Morgan fingerprint density at radius 2 is 1.50 bits per heavy atom. The second kappa shape index (κ2) is 4.62. The van der Waals surface area contributed by atoms with Crippen molar-refractivity contribution in [1.29, 1.82) is 0 Å². The highest BCUT2D eigenvalue weighted by Gasteiger charge is 2.27. The molecular weight excluding hydrogens is 240 g/mol. The van der Waals surface area contributed by atoms with Crippen LogP contribution in [0.1, 0.15) is 24.0 Å². The Hall–Kier alpha value is -1.54. The van der Waals surface area contributed by atoms with E-state index in [1.807, 2.05) is 0 Å². The molecule has 0 unspecified atom stereocenters. The Kier molecular flexibility index (Phi) is 2.96. The molecule has 0 saturated heterocycles. The molecule has 0 aromatic heterocycles. The van der Waals surface area contributed by atoms with Crippen LogP contribution in [0.2, 0.25) is 0 Å². The van der Waals surface area contributed by atoms with Gasteiger partial charge in [0.1, 0.15) is 0 Å². The van der Waals surface area contributed by atoms with Gasteiger partial charge in [-0.25, -0.2) is 0 Å². The molecule has 90 valence electrons. The predicted molar refractivity (Wildman–Crippen MR) is 76.9 cm³/mol. The Balaban J connectivity index is 2.06. The van der Waals surface area contributed by atoms with Gasteiger partial charge in [-0.1, -0.05) is 60.3 Å². The molecule has 0 heterocycles. The maximum Gasteiger partial charge on any atom is 0.185 e. The van der Waals surface area contributed by atoms with Gasteiger partial charge >= 0.3 is 0 Å². The van der Waals surface area contributed by atoms with Crippen molar-refractivity contribution in [3.05, 3.63) is 59.7 Å². The first-order valence-corrected chi connectivity index (χ1v) is 7.07. The average Bonchev–Trinajstić information content (AvgIpc) is 2.71.